The number of aliphatic hydroxyl groups excluding tert-OH is 1. The fraction of sp³-hybridized carbons (Fsp3) is 0.500. The van der Waals surface area contributed by atoms with E-state index in [2.05, 4.69) is 20.4 Å². The number of carbonyl (C=O) groups excluding carboxylic acids is 1. The van der Waals surface area contributed by atoms with E-state index in [-0.39, 0.29) is 12.0 Å². The molecule has 1 aliphatic rings. The molecule has 0 bridgehead atoms. The number of aromatic nitrogens is 3. The maximum absolute atomic E-state index is 11.9. The lowest BCUT2D eigenvalue weighted by Crippen LogP contribution is -2.44. The number of hydrogen-bond donors (Lipinski definition) is 2. The summed E-state index contributed by atoms with van der Waals surface area (Å²) < 4.78 is 5.17. The van der Waals surface area contributed by atoms with Gasteiger partial charge in [0, 0.05) is 25.7 Å². The van der Waals surface area contributed by atoms with E-state index in [1.807, 2.05) is 23.1 Å². The molecule has 8 nitrogen and oxygen atoms in total. The number of β-amino-alcohol motifs (C(OH)–C–C–N with tert-alkyl or cyclic N) is 1. The highest BCUT2D eigenvalue weighted by Gasteiger charge is 2.19. The van der Waals surface area contributed by atoms with E-state index in [1.54, 1.807) is 6.20 Å². The molecule has 1 fully saturated rings. The predicted octanol–water partition coefficient (Wildman–Crippen LogP) is 0.247. The number of pyridine rings is 1. The minimum Gasteiger partial charge on any atom is -0.392 e. The van der Waals surface area contributed by atoms with Crippen molar-refractivity contribution in [2.24, 2.45) is 0 Å². The van der Waals surface area contributed by atoms with Gasteiger partial charge >= 0.3 is 0 Å². The molecule has 128 valence electrons. The Kier molecular flexibility index (Phi) is 5.50. The zero-order valence-electron chi connectivity index (χ0n) is 13.4. The van der Waals surface area contributed by atoms with E-state index < -0.39 is 0 Å². The molecule has 2 aromatic rings. The first-order chi connectivity index (χ1) is 11.7. The first-order valence-electron chi connectivity index (χ1n) is 8.12. The Morgan fingerprint density at radius 2 is 2.38 bits per heavy atom. The largest absolute Gasteiger partial charge is 0.392 e. The van der Waals surface area contributed by atoms with Crippen LogP contribution in [-0.2, 0) is 11.2 Å². The third-order valence-corrected chi connectivity index (χ3v) is 3.87. The molecule has 8 heteroatoms. The van der Waals surface area contributed by atoms with Crippen LogP contribution in [0.4, 0.5) is 0 Å². The molecule has 1 amide bonds. The average molecular weight is 331 g/mol. The fourth-order valence-corrected chi connectivity index (χ4v) is 2.70. The Hall–Kier alpha value is -2.32. The first kappa shape index (κ1) is 16.5. The van der Waals surface area contributed by atoms with Crippen LogP contribution in [0, 0.1) is 0 Å². The summed E-state index contributed by atoms with van der Waals surface area (Å²) in [5, 5.41) is 16.3. The van der Waals surface area contributed by atoms with Crippen molar-refractivity contribution in [3.8, 4) is 11.5 Å². The van der Waals surface area contributed by atoms with Crippen molar-refractivity contribution in [1.82, 2.24) is 25.3 Å². The number of carbonyl (C=O) groups is 1. The van der Waals surface area contributed by atoms with Gasteiger partial charge in [-0.3, -0.25) is 14.7 Å². The Morgan fingerprint density at radius 1 is 1.46 bits per heavy atom. The number of amides is 1. The Morgan fingerprint density at radius 3 is 3.17 bits per heavy atom. The summed E-state index contributed by atoms with van der Waals surface area (Å²) >= 11 is 0. The van der Waals surface area contributed by atoms with Crippen LogP contribution in [0.15, 0.2) is 28.9 Å². The molecule has 0 unspecified atom stereocenters. The van der Waals surface area contributed by atoms with Crippen molar-refractivity contribution < 1.29 is 14.4 Å². The van der Waals surface area contributed by atoms with Gasteiger partial charge < -0.3 is 14.9 Å². The second kappa shape index (κ2) is 7.98. The zero-order chi connectivity index (χ0) is 16.8. The molecule has 0 aliphatic carbocycles. The van der Waals surface area contributed by atoms with Crippen molar-refractivity contribution >= 4 is 5.91 Å². The molecular formula is C16H21N5O3. The van der Waals surface area contributed by atoms with Crippen molar-refractivity contribution in [1.29, 1.82) is 0 Å². The molecule has 0 saturated carbocycles. The Balaban J connectivity index is 1.42. The standard InChI is InChI=1S/C16H21N5O3/c22-12-4-3-9-21(10-12)11-14(23)18-8-6-15-19-16(20-24-15)13-5-1-2-7-17-13/h1-2,5,7,12,22H,3-4,6,8-11H2,(H,18,23)/t12-/m0/s1. The second-order valence-electron chi connectivity index (χ2n) is 5.86. The average Bonchev–Trinajstić information content (AvgIpc) is 3.04. The number of aliphatic hydroxyl groups is 1. The quantitative estimate of drug-likeness (QED) is 0.781. The van der Waals surface area contributed by atoms with Gasteiger partial charge in [-0.05, 0) is 31.5 Å². The summed E-state index contributed by atoms with van der Waals surface area (Å²) in [5.41, 5.74) is 0.653. The topological polar surface area (TPSA) is 104 Å². The van der Waals surface area contributed by atoms with Gasteiger partial charge in [-0.1, -0.05) is 11.2 Å². The summed E-state index contributed by atoms with van der Waals surface area (Å²) in [7, 11) is 0. The molecule has 1 aliphatic heterocycles. The van der Waals surface area contributed by atoms with Gasteiger partial charge in [-0.15, -0.1) is 0 Å². The van der Waals surface area contributed by atoms with E-state index >= 15 is 0 Å². The lowest BCUT2D eigenvalue weighted by Gasteiger charge is -2.29. The van der Waals surface area contributed by atoms with Crippen molar-refractivity contribution in [2.75, 3.05) is 26.2 Å². The molecule has 0 radical (unpaired) electrons. The van der Waals surface area contributed by atoms with E-state index in [0.29, 0.717) is 43.5 Å². The molecule has 2 N–H and O–H groups in total. The molecule has 1 atom stereocenters. The highest BCUT2D eigenvalue weighted by Crippen LogP contribution is 2.12. The van der Waals surface area contributed by atoms with Crippen LogP contribution < -0.4 is 5.32 Å². The van der Waals surface area contributed by atoms with Gasteiger partial charge in [-0.2, -0.15) is 4.98 Å². The highest BCUT2D eigenvalue weighted by atomic mass is 16.5. The molecule has 0 aromatic carbocycles. The summed E-state index contributed by atoms with van der Waals surface area (Å²) in [6.45, 7) is 2.14. The normalized spacial score (nSPS) is 18.5. The monoisotopic (exact) mass is 331 g/mol. The van der Waals surface area contributed by atoms with Gasteiger partial charge in [0.2, 0.25) is 17.6 Å². The molecule has 3 heterocycles. The van der Waals surface area contributed by atoms with Crippen molar-refractivity contribution in [3.05, 3.63) is 30.3 Å². The first-order valence-corrected chi connectivity index (χ1v) is 8.12. The van der Waals surface area contributed by atoms with Crippen LogP contribution in [-0.4, -0.2) is 63.3 Å². The summed E-state index contributed by atoms with van der Waals surface area (Å²) in [5.74, 6) is 0.845. The van der Waals surface area contributed by atoms with E-state index in [0.717, 1.165) is 19.4 Å². The SMILES string of the molecule is O=C(CN1CCC[C@H](O)C1)NCCc1nc(-c2ccccn2)no1. The molecule has 1 saturated heterocycles. The maximum atomic E-state index is 11.9. The second-order valence-corrected chi connectivity index (χ2v) is 5.86. The van der Waals surface area contributed by atoms with Crippen LogP contribution in [0.2, 0.25) is 0 Å². The Labute approximate surface area is 139 Å². The van der Waals surface area contributed by atoms with E-state index in [9.17, 15) is 9.90 Å². The van der Waals surface area contributed by atoms with E-state index in [4.69, 9.17) is 4.52 Å². The van der Waals surface area contributed by atoms with Crippen LogP contribution in [0.1, 0.15) is 18.7 Å². The van der Waals surface area contributed by atoms with Crippen LogP contribution >= 0.6 is 0 Å². The van der Waals surface area contributed by atoms with Crippen molar-refractivity contribution in [3.63, 3.8) is 0 Å². The molecule has 24 heavy (non-hydrogen) atoms. The van der Waals surface area contributed by atoms with E-state index in [1.165, 1.54) is 0 Å². The zero-order valence-corrected chi connectivity index (χ0v) is 13.4. The predicted molar refractivity (Wildman–Crippen MR) is 85.9 cm³/mol. The Bertz CT molecular complexity index is 661. The van der Waals surface area contributed by atoms with Crippen LogP contribution in [0.3, 0.4) is 0 Å². The summed E-state index contributed by atoms with van der Waals surface area (Å²) in [6, 6.07) is 5.49. The lowest BCUT2D eigenvalue weighted by molar-refractivity contribution is -0.122. The van der Waals surface area contributed by atoms with Crippen LogP contribution in [0.25, 0.3) is 11.5 Å². The fourth-order valence-electron chi connectivity index (χ4n) is 2.70. The van der Waals surface area contributed by atoms with Gasteiger partial charge in [0.05, 0.1) is 12.6 Å². The number of nitrogens with one attached hydrogen (secondary N) is 1. The van der Waals surface area contributed by atoms with Gasteiger partial charge in [0.1, 0.15) is 5.69 Å². The van der Waals surface area contributed by atoms with Crippen LogP contribution in [0.5, 0.6) is 0 Å². The number of hydrogen-bond acceptors (Lipinski definition) is 7. The summed E-state index contributed by atoms with van der Waals surface area (Å²) in [4.78, 5) is 22.3. The molecular weight excluding hydrogens is 310 g/mol. The minimum atomic E-state index is -0.324. The summed E-state index contributed by atoms with van der Waals surface area (Å²) in [6.07, 6.45) is 3.55. The molecule has 2 aromatic heterocycles. The smallest absolute Gasteiger partial charge is 0.234 e. The number of nitrogens with zero attached hydrogens (tertiary/aromatic N) is 4. The van der Waals surface area contributed by atoms with Gasteiger partial charge in [0.15, 0.2) is 0 Å². The highest BCUT2D eigenvalue weighted by molar-refractivity contribution is 5.78. The number of rotatable bonds is 6. The minimum absolute atomic E-state index is 0.0615. The van der Waals surface area contributed by atoms with Crippen molar-refractivity contribution in [2.45, 2.75) is 25.4 Å². The van der Waals surface area contributed by atoms with Gasteiger partial charge in [0.25, 0.3) is 0 Å². The van der Waals surface area contributed by atoms with Gasteiger partial charge in [-0.25, -0.2) is 0 Å². The number of piperidine rings is 1. The number of likely N-dealkylation sites (tertiary alicyclic amines) is 1. The molecule has 3 rings (SSSR count). The lowest BCUT2D eigenvalue weighted by atomic mass is 10.1. The molecule has 0 spiro atoms. The maximum Gasteiger partial charge on any atom is 0.234 e. The third-order valence-electron chi connectivity index (χ3n) is 3.87. The third kappa shape index (κ3) is 4.59.